The van der Waals surface area contributed by atoms with Gasteiger partial charge in [0, 0.05) is 5.92 Å². The Bertz CT molecular complexity index is 423. The van der Waals surface area contributed by atoms with Crippen LogP contribution in [0.4, 0.5) is 0 Å². The summed E-state index contributed by atoms with van der Waals surface area (Å²) in [5, 5.41) is 3.40. The van der Waals surface area contributed by atoms with Gasteiger partial charge in [-0.25, -0.2) is 0 Å². The number of nitrogens with one attached hydrogen (secondary N) is 1. The summed E-state index contributed by atoms with van der Waals surface area (Å²) in [6, 6.07) is 0. The van der Waals surface area contributed by atoms with Crippen LogP contribution in [-0.4, -0.2) is 24.7 Å². The molecule has 132 valence electrons. The van der Waals surface area contributed by atoms with E-state index in [1.54, 1.807) is 0 Å². The predicted octanol–water partition coefficient (Wildman–Crippen LogP) is 4.02. The summed E-state index contributed by atoms with van der Waals surface area (Å²) < 4.78 is 6.15. The van der Waals surface area contributed by atoms with E-state index in [0.29, 0.717) is 17.8 Å². The molecule has 0 spiro atoms. The minimum atomic E-state index is -0.323. The van der Waals surface area contributed by atoms with E-state index in [1.165, 1.54) is 25.7 Å². The van der Waals surface area contributed by atoms with E-state index in [-0.39, 0.29) is 17.5 Å². The molecule has 3 rings (SSSR count). The lowest BCUT2D eigenvalue weighted by molar-refractivity contribution is -0.175. The first-order chi connectivity index (χ1) is 10.9. The van der Waals surface area contributed by atoms with Gasteiger partial charge in [-0.15, -0.1) is 0 Å². The Morgan fingerprint density at radius 1 is 1.04 bits per heavy atom. The van der Waals surface area contributed by atoms with Gasteiger partial charge in [0.1, 0.15) is 5.60 Å². The second-order valence-corrected chi connectivity index (χ2v) is 9.23. The first-order valence-electron chi connectivity index (χ1n) is 9.80. The number of fused-ring (bicyclic) bond motifs is 2. The molecule has 2 saturated carbocycles. The average molecular weight is 322 g/mol. The second kappa shape index (κ2) is 6.74. The van der Waals surface area contributed by atoms with Gasteiger partial charge in [-0.3, -0.25) is 4.79 Å². The lowest BCUT2D eigenvalue weighted by Crippen LogP contribution is -2.47. The summed E-state index contributed by atoms with van der Waals surface area (Å²) in [4.78, 5) is 13.0. The standard InChI is InChI=1S/C20H35NO2/c1-13-9-15-11-14(2)18(16(10-13)12-15)19(22)23-20(3,4)17-5-7-21-8-6-17/h13-18,21H,5-12H2,1-4H3. The number of ether oxygens (including phenoxy) is 1. The van der Waals surface area contributed by atoms with E-state index in [2.05, 4.69) is 33.0 Å². The van der Waals surface area contributed by atoms with E-state index in [9.17, 15) is 4.79 Å². The van der Waals surface area contributed by atoms with Crippen LogP contribution in [0.15, 0.2) is 0 Å². The zero-order chi connectivity index (χ0) is 16.6. The van der Waals surface area contributed by atoms with Crippen molar-refractivity contribution in [1.29, 1.82) is 0 Å². The number of rotatable bonds is 3. The van der Waals surface area contributed by atoms with Crippen LogP contribution >= 0.6 is 0 Å². The van der Waals surface area contributed by atoms with Crippen LogP contribution in [0.3, 0.4) is 0 Å². The summed E-state index contributed by atoms with van der Waals surface area (Å²) >= 11 is 0. The van der Waals surface area contributed by atoms with Crippen molar-refractivity contribution < 1.29 is 9.53 Å². The van der Waals surface area contributed by atoms with Crippen molar-refractivity contribution in [3.8, 4) is 0 Å². The highest BCUT2D eigenvalue weighted by molar-refractivity contribution is 5.74. The summed E-state index contributed by atoms with van der Waals surface area (Å²) in [5.74, 6) is 3.39. The Balaban J connectivity index is 1.66. The molecular formula is C20H35NO2. The first kappa shape index (κ1) is 17.3. The lowest BCUT2D eigenvalue weighted by atomic mass is 9.60. The molecule has 0 amide bonds. The molecule has 1 N–H and O–H groups in total. The minimum Gasteiger partial charge on any atom is -0.459 e. The fraction of sp³-hybridized carbons (Fsp3) is 0.950. The largest absolute Gasteiger partial charge is 0.459 e. The Morgan fingerprint density at radius 3 is 2.43 bits per heavy atom. The zero-order valence-electron chi connectivity index (χ0n) is 15.4. The molecule has 1 heterocycles. The normalized spacial score (nSPS) is 39.0. The van der Waals surface area contributed by atoms with Crippen molar-refractivity contribution in [3.05, 3.63) is 0 Å². The second-order valence-electron chi connectivity index (χ2n) is 9.23. The highest BCUT2D eigenvalue weighted by Crippen LogP contribution is 2.48. The van der Waals surface area contributed by atoms with Crippen molar-refractivity contribution in [3.63, 3.8) is 0 Å². The number of carbonyl (C=O) groups is 1. The third kappa shape index (κ3) is 3.75. The maximum Gasteiger partial charge on any atom is 0.310 e. The molecule has 2 aliphatic carbocycles. The highest BCUT2D eigenvalue weighted by Gasteiger charge is 2.46. The first-order valence-corrected chi connectivity index (χ1v) is 9.80. The molecule has 0 aromatic carbocycles. The fourth-order valence-corrected chi connectivity index (χ4v) is 5.78. The van der Waals surface area contributed by atoms with Crippen molar-refractivity contribution in [2.45, 2.75) is 71.8 Å². The monoisotopic (exact) mass is 321 g/mol. The number of hydrogen-bond acceptors (Lipinski definition) is 3. The Labute approximate surface area is 141 Å². The van der Waals surface area contributed by atoms with Crippen molar-refractivity contribution >= 4 is 5.97 Å². The van der Waals surface area contributed by atoms with Gasteiger partial charge in [-0.1, -0.05) is 13.8 Å². The van der Waals surface area contributed by atoms with Gasteiger partial charge in [0.05, 0.1) is 5.92 Å². The molecule has 23 heavy (non-hydrogen) atoms. The van der Waals surface area contributed by atoms with Gasteiger partial charge in [-0.05, 0) is 89.1 Å². The molecule has 3 fully saturated rings. The molecular weight excluding hydrogens is 286 g/mol. The van der Waals surface area contributed by atoms with Gasteiger partial charge >= 0.3 is 5.97 Å². The van der Waals surface area contributed by atoms with E-state index < -0.39 is 0 Å². The molecule has 0 aromatic heterocycles. The van der Waals surface area contributed by atoms with Gasteiger partial charge in [0.25, 0.3) is 0 Å². The summed E-state index contributed by atoms with van der Waals surface area (Å²) in [6.45, 7) is 11.0. The van der Waals surface area contributed by atoms with E-state index >= 15 is 0 Å². The van der Waals surface area contributed by atoms with Gasteiger partial charge in [0.2, 0.25) is 0 Å². The zero-order valence-corrected chi connectivity index (χ0v) is 15.4. The minimum absolute atomic E-state index is 0.0959. The molecule has 3 heteroatoms. The molecule has 3 nitrogen and oxygen atoms in total. The maximum absolute atomic E-state index is 13.0. The molecule has 1 saturated heterocycles. The van der Waals surface area contributed by atoms with E-state index in [0.717, 1.165) is 37.8 Å². The van der Waals surface area contributed by atoms with Gasteiger partial charge in [0.15, 0.2) is 0 Å². The Morgan fingerprint density at radius 2 is 1.74 bits per heavy atom. The van der Waals surface area contributed by atoms with Gasteiger partial charge in [-0.2, -0.15) is 0 Å². The quantitative estimate of drug-likeness (QED) is 0.798. The third-order valence-corrected chi connectivity index (χ3v) is 6.86. The molecule has 0 aromatic rings. The average Bonchev–Trinajstić information content (AvgIpc) is 2.46. The number of esters is 1. The Hall–Kier alpha value is -0.570. The molecule has 1 aliphatic heterocycles. The summed E-state index contributed by atoms with van der Waals surface area (Å²) in [5.41, 5.74) is -0.323. The highest BCUT2D eigenvalue weighted by atomic mass is 16.6. The smallest absolute Gasteiger partial charge is 0.310 e. The molecule has 3 aliphatic rings. The van der Waals surface area contributed by atoms with Crippen LogP contribution < -0.4 is 5.32 Å². The molecule has 0 radical (unpaired) electrons. The lowest BCUT2D eigenvalue weighted by Gasteiger charge is -2.46. The van der Waals surface area contributed by atoms with Crippen LogP contribution in [0, 0.1) is 35.5 Å². The number of carbonyl (C=O) groups excluding carboxylic acids is 1. The van der Waals surface area contributed by atoms with E-state index in [4.69, 9.17) is 4.74 Å². The van der Waals surface area contributed by atoms with E-state index in [1.807, 2.05) is 0 Å². The SMILES string of the molecule is CC1CC2CC(C)C(C(=O)OC(C)(C)C3CCNCC3)C(C1)C2. The van der Waals surface area contributed by atoms with Crippen LogP contribution in [0.2, 0.25) is 0 Å². The van der Waals surface area contributed by atoms with Crippen LogP contribution in [0.5, 0.6) is 0 Å². The van der Waals surface area contributed by atoms with Crippen LogP contribution in [0.1, 0.15) is 66.2 Å². The molecule has 5 unspecified atom stereocenters. The van der Waals surface area contributed by atoms with Crippen molar-refractivity contribution in [1.82, 2.24) is 5.32 Å². The van der Waals surface area contributed by atoms with Crippen molar-refractivity contribution in [2.75, 3.05) is 13.1 Å². The third-order valence-electron chi connectivity index (χ3n) is 6.86. The number of piperidine rings is 1. The van der Waals surface area contributed by atoms with Crippen LogP contribution in [0.25, 0.3) is 0 Å². The topological polar surface area (TPSA) is 38.3 Å². The maximum atomic E-state index is 13.0. The summed E-state index contributed by atoms with van der Waals surface area (Å²) in [6.07, 6.45) is 7.28. The molecule has 5 atom stereocenters. The number of hydrogen-bond donors (Lipinski definition) is 1. The van der Waals surface area contributed by atoms with Crippen molar-refractivity contribution in [2.24, 2.45) is 35.5 Å². The van der Waals surface area contributed by atoms with Crippen LogP contribution in [-0.2, 0) is 9.53 Å². The van der Waals surface area contributed by atoms with Gasteiger partial charge < -0.3 is 10.1 Å². The summed E-state index contributed by atoms with van der Waals surface area (Å²) in [7, 11) is 0. The molecule has 2 bridgehead atoms. The Kier molecular flexibility index (Phi) is 5.06. The fourth-order valence-electron chi connectivity index (χ4n) is 5.78. The predicted molar refractivity (Wildman–Crippen MR) is 93.0 cm³/mol.